The Bertz CT molecular complexity index is 681. The number of benzene rings is 1. The zero-order valence-electron chi connectivity index (χ0n) is 10.2. The van der Waals surface area contributed by atoms with Gasteiger partial charge in [0.1, 0.15) is 0 Å². The Morgan fingerprint density at radius 3 is 2.37 bits per heavy atom. The van der Waals surface area contributed by atoms with Crippen molar-refractivity contribution in [2.24, 2.45) is 0 Å². The van der Waals surface area contributed by atoms with Crippen LogP contribution in [0.2, 0.25) is 0 Å². The lowest BCUT2D eigenvalue weighted by Gasteiger charge is -2.14. The summed E-state index contributed by atoms with van der Waals surface area (Å²) in [4.78, 5) is 2.95. The summed E-state index contributed by atoms with van der Waals surface area (Å²) in [6.07, 6.45) is 1.42. The third kappa shape index (κ3) is 2.07. The number of rotatable bonds is 3. The topological polar surface area (TPSA) is 73.4 Å². The number of aromatic amines is 1. The Kier molecular flexibility index (Phi) is 2.93. The first-order valence-electron chi connectivity index (χ1n) is 5.96. The zero-order valence-corrected chi connectivity index (χ0v) is 11.0. The van der Waals surface area contributed by atoms with Crippen molar-refractivity contribution in [3.8, 4) is 0 Å². The Hall–Kier alpha value is -1.63. The molecule has 0 fully saturated rings. The van der Waals surface area contributed by atoms with E-state index in [0.29, 0.717) is 18.8 Å². The third-order valence-corrected chi connectivity index (χ3v) is 5.11. The lowest BCUT2D eigenvalue weighted by Crippen LogP contribution is -2.25. The molecule has 1 aromatic carbocycles. The molecule has 0 radical (unpaired) electrons. The molecule has 3 rings (SSSR count). The third-order valence-electron chi connectivity index (χ3n) is 3.34. The molecule has 0 saturated heterocycles. The molecule has 19 heavy (non-hydrogen) atoms. The predicted octanol–water partition coefficient (Wildman–Crippen LogP) is 1.21. The Morgan fingerprint density at radius 2 is 1.84 bits per heavy atom. The second-order valence-electron chi connectivity index (χ2n) is 4.56. The summed E-state index contributed by atoms with van der Waals surface area (Å²) in [5.74, 6) is 0. The van der Waals surface area contributed by atoms with Crippen LogP contribution in [0.3, 0.4) is 0 Å². The minimum absolute atomic E-state index is 0.198. The number of aromatic nitrogens is 1. The second-order valence-corrected chi connectivity index (χ2v) is 6.50. The molecule has 0 atom stereocenters. The standard InChI is InChI=1S/C13H14N2O3S/c16-9-12-5-13(6-14-12)19(17,18)15-7-10-3-1-2-4-11(10)8-15/h1-6,14,16H,7-9H2. The fraction of sp³-hybridized carbons (Fsp3) is 0.231. The molecular formula is C13H14N2O3S. The average molecular weight is 278 g/mol. The van der Waals surface area contributed by atoms with Gasteiger partial charge < -0.3 is 10.1 Å². The van der Waals surface area contributed by atoms with Crippen molar-refractivity contribution in [2.45, 2.75) is 24.6 Å². The van der Waals surface area contributed by atoms with E-state index in [1.165, 1.54) is 16.6 Å². The van der Waals surface area contributed by atoms with E-state index in [-0.39, 0.29) is 11.5 Å². The summed E-state index contributed by atoms with van der Waals surface area (Å²) in [5, 5.41) is 8.98. The lowest BCUT2D eigenvalue weighted by molar-refractivity contribution is 0.277. The Labute approximate surface area is 111 Å². The molecule has 0 spiro atoms. The van der Waals surface area contributed by atoms with Crippen LogP contribution >= 0.6 is 0 Å². The van der Waals surface area contributed by atoms with Gasteiger partial charge in [0, 0.05) is 25.0 Å². The number of aliphatic hydroxyl groups is 1. The number of hydrogen-bond donors (Lipinski definition) is 2. The van der Waals surface area contributed by atoms with Gasteiger partial charge in [-0.3, -0.25) is 0 Å². The van der Waals surface area contributed by atoms with Crippen molar-refractivity contribution in [2.75, 3.05) is 0 Å². The zero-order chi connectivity index (χ0) is 13.5. The van der Waals surface area contributed by atoms with E-state index >= 15 is 0 Å². The van der Waals surface area contributed by atoms with E-state index in [1.54, 1.807) is 0 Å². The monoisotopic (exact) mass is 278 g/mol. The molecule has 1 aliphatic rings. The molecule has 2 heterocycles. The number of H-pyrrole nitrogens is 1. The SMILES string of the molecule is O=S(=O)(c1c[nH]c(CO)c1)N1Cc2ccccc2C1. The van der Waals surface area contributed by atoms with Crippen LogP contribution in [-0.4, -0.2) is 22.8 Å². The Morgan fingerprint density at radius 1 is 1.21 bits per heavy atom. The maximum absolute atomic E-state index is 12.5. The number of hydrogen-bond acceptors (Lipinski definition) is 3. The normalized spacial score (nSPS) is 15.6. The number of nitrogens with one attached hydrogen (secondary N) is 1. The van der Waals surface area contributed by atoms with Gasteiger partial charge in [-0.05, 0) is 17.2 Å². The minimum atomic E-state index is -3.50. The van der Waals surface area contributed by atoms with E-state index < -0.39 is 10.0 Å². The van der Waals surface area contributed by atoms with E-state index in [1.807, 2.05) is 24.3 Å². The first-order valence-corrected chi connectivity index (χ1v) is 7.40. The number of sulfonamides is 1. The first-order chi connectivity index (χ1) is 9.11. The highest BCUT2D eigenvalue weighted by Crippen LogP contribution is 2.28. The summed E-state index contributed by atoms with van der Waals surface area (Å²) in [6.45, 7) is 0.603. The van der Waals surface area contributed by atoms with Crippen LogP contribution in [0, 0.1) is 0 Å². The highest BCUT2D eigenvalue weighted by atomic mass is 32.2. The van der Waals surface area contributed by atoms with Gasteiger partial charge in [0.05, 0.1) is 11.5 Å². The molecule has 0 aliphatic carbocycles. The maximum atomic E-state index is 12.5. The smallest absolute Gasteiger partial charge is 0.245 e. The fourth-order valence-electron chi connectivity index (χ4n) is 2.28. The molecule has 0 amide bonds. The van der Waals surface area contributed by atoms with Crippen LogP contribution in [0.4, 0.5) is 0 Å². The Balaban J connectivity index is 1.91. The summed E-state index contributed by atoms with van der Waals surface area (Å²) in [5.41, 5.74) is 2.59. The molecule has 5 nitrogen and oxygen atoms in total. The van der Waals surface area contributed by atoms with Gasteiger partial charge >= 0.3 is 0 Å². The fourth-order valence-corrected chi connectivity index (χ4v) is 3.70. The van der Waals surface area contributed by atoms with Crippen molar-refractivity contribution in [3.63, 3.8) is 0 Å². The van der Waals surface area contributed by atoms with Gasteiger partial charge in [0.2, 0.25) is 10.0 Å². The largest absolute Gasteiger partial charge is 0.390 e. The van der Waals surface area contributed by atoms with Crippen LogP contribution in [-0.2, 0) is 29.7 Å². The van der Waals surface area contributed by atoms with Gasteiger partial charge in [-0.1, -0.05) is 24.3 Å². The van der Waals surface area contributed by atoms with Crippen LogP contribution in [0.25, 0.3) is 0 Å². The summed E-state index contributed by atoms with van der Waals surface area (Å²) in [6, 6.07) is 9.19. The molecule has 2 aromatic rings. The van der Waals surface area contributed by atoms with Crippen molar-refractivity contribution in [1.29, 1.82) is 0 Å². The van der Waals surface area contributed by atoms with Gasteiger partial charge in [-0.15, -0.1) is 0 Å². The summed E-state index contributed by atoms with van der Waals surface area (Å²) >= 11 is 0. The highest BCUT2D eigenvalue weighted by Gasteiger charge is 2.30. The molecule has 100 valence electrons. The van der Waals surface area contributed by atoms with Gasteiger partial charge in [0.25, 0.3) is 0 Å². The van der Waals surface area contributed by atoms with E-state index in [9.17, 15) is 8.42 Å². The molecule has 0 unspecified atom stereocenters. The number of fused-ring (bicyclic) bond motifs is 1. The van der Waals surface area contributed by atoms with Crippen LogP contribution < -0.4 is 0 Å². The first kappa shape index (κ1) is 12.4. The van der Waals surface area contributed by atoms with Gasteiger partial charge in [0.15, 0.2) is 0 Å². The van der Waals surface area contributed by atoms with E-state index in [2.05, 4.69) is 4.98 Å². The van der Waals surface area contributed by atoms with Gasteiger partial charge in [-0.2, -0.15) is 4.31 Å². The quantitative estimate of drug-likeness (QED) is 0.886. The molecule has 1 aliphatic heterocycles. The summed E-state index contributed by atoms with van der Waals surface area (Å²) < 4.78 is 26.4. The van der Waals surface area contributed by atoms with Crippen LogP contribution in [0.5, 0.6) is 0 Å². The van der Waals surface area contributed by atoms with Crippen molar-refractivity contribution in [3.05, 3.63) is 53.3 Å². The van der Waals surface area contributed by atoms with E-state index in [0.717, 1.165) is 11.1 Å². The minimum Gasteiger partial charge on any atom is -0.390 e. The maximum Gasteiger partial charge on any atom is 0.245 e. The number of nitrogens with zero attached hydrogens (tertiary/aromatic N) is 1. The lowest BCUT2D eigenvalue weighted by atomic mass is 10.1. The predicted molar refractivity (Wildman–Crippen MR) is 69.6 cm³/mol. The van der Waals surface area contributed by atoms with Crippen LogP contribution in [0.1, 0.15) is 16.8 Å². The molecule has 1 aromatic heterocycles. The molecule has 0 saturated carbocycles. The average Bonchev–Trinajstić information content (AvgIpc) is 3.05. The summed E-state index contributed by atoms with van der Waals surface area (Å²) in [7, 11) is -3.50. The van der Waals surface area contributed by atoms with Gasteiger partial charge in [-0.25, -0.2) is 8.42 Å². The highest BCUT2D eigenvalue weighted by molar-refractivity contribution is 7.89. The van der Waals surface area contributed by atoms with Crippen LogP contribution in [0.15, 0.2) is 41.4 Å². The molecular weight excluding hydrogens is 264 g/mol. The van der Waals surface area contributed by atoms with Crippen molar-refractivity contribution in [1.82, 2.24) is 9.29 Å². The number of aliphatic hydroxyl groups excluding tert-OH is 1. The molecule has 0 bridgehead atoms. The molecule has 6 heteroatoms. The molecule has 2 N–H and O–H groups in total. The van der Waals surface area contributed by atoms with E-state index in [4.69, 9.17) is 5.11 Å². The van der Waals surface area contributed by atoms with Crippen molar-refractivity contribution >= 4 is 10.0 Å². The second kappa shape index (κ2) is 4.48. The van der Waals surface area contributed by atoms with Crippen molar-refractivity contribution < 1.29 is 13.5 Å².